The summed E-state index contributed by atoms with van der Waals surface area (Å²) in [6.07, 6.45) is 0. The minimum absolute atomic E-state index is 0.0878. The largest absolute Gasteiger partial charge is 0.394 e. The van der Waals surface area contributed by atoms with E-state index in [0.717, 1.165) is 13.1 Å². The molecule has 1 fully saturated rings. The summed E-state index contributed by atoms with van der Waals surface area (Å²) in [7, 11) is 0. The van der Waals surface area contributed by atoms with Crippen LogP contribution in [-0.4, -0.2) is 36.4 Å². The Balaban J connectivity index is 2.29. The van der Waals surface area contributed by atoms with Gasteiger partial charge in [-0.25, -0.2) is 0 Å². The van der Waals surface area contributed by atoms with Crippen molar-refractivity contribution in [2.75, 3.05) is 24.6 Å². The van der Waals surface area contributed by atoms with Crippen LogP contribution < -0.4 is 10.2 Å². The van der Waals surface area contributed by atoms with Crippen molar-refractivity contribution in [3.8, 4) is 0 Å². The Morgan fingerprint density at radius 3 is 2.67 bits per heavy atom. The molecule has 1 aliphatic rings. The van der Waals surface area contributed by atoms with Crippen LogP contribution in [0.3, 0.4) is 0 Å². The van der Waals surface area contributed by atoms with Crippen molar-refractivity contribution in [2.24, 2.45) is 0 Å². The zero-order valence-electron chi connectivity index (χ0n) is 11.8. The van der Waals surface area contributed by atoms with Gasteiger partial charge in [0.25, 0.3) is 0 Å². The van der Waals surface area contributed by atoms with Crippen molar-refractivity contribution in [1.82, 2.24) is 5.32 Å². The van der Waals surface area contributed by atoms with E-state index in [4.69, 9.17) is 0 Å². The molecule has 2 N–H and O–H groups in total. The summed E-state index contributed by atoms with van der Waals surface area (Å²) >= 11 is 0. The summed E-state index contributed by atoms with van der Waals surface area (Å²) in [4.78, 5) is 2.32. The summed E-state index contributed by atoms with van der Waals surface area (Å²) in [6, 6.07) is 6.71. The van der Waals surface area contributed by atoms with E-state index < -0.39 is 0 Å². The molecule has 0 aliphatic carbocycles. The molecule has 0 amide bonds. The van der Waals surface area contributed by atoms with Gasteiger partial charge in [0.2, 0.25) is 0 Å². The van der Waals surface area contributed by atoms with Gasteiger partial charge >= 0.3 is 0 Å². The molecule has 1 heterocycles. The number of hydrogen-bond acceptors (Lipinski definition) is 3. The van der Waals surface area contributed by atoms with E-state index in [9.17, 15) is 5.11 Å². The number of aliphatic hydroxyl groups is 1. The Kier molecular flexibility index (Phi) is 3.64. The number of hydrogen-bond donors (Lipinski definition) is 2. The molecular weight excluding hydrogens is 224 g/mol. The fourth-order valence-corrected chi connectivity index (χ4v) is 2.48. The number of aliphatic hydroxyl groups excluding tert-OH is 1. The molecule has 1 aliphatic heterocycles. The van der Waals surface area contributed by atoms with Crippen molar-refractivity contribution in [1.29, 1.82) is 0 Å². The minimum Gasteiger partial charge on any atom is -0.394 e. The second-order valence-corrected chi connectivity index (χ2v) is 6.00. The monoisotopic (exact) mass is 248 g/mol. The number of aryl methyl sites for hydroxylation is 2. The van der Waals surface area contributed by atoms with Gasteiger partial charge < -0.3 is 15.3 Å². The summed E-state index contributed by atoms with van der Waals surface area (Å²) in [5.74, 6) is 0. The second kappa shape index (κ2) is 4.90. The number of nitrogens with zero attached hydrogens (tertiary/aromatic N) is 1. The molecule has 1 atom stereocenters. The van der Waals surface area contributed by atoms with Gasteiger partial charge in [0.05, 0.1) is 12.6 Å². The predicted octanol–water partition coefficient (Wildman–Crippen LogP) is 1.85. The molecule has 0 radical (unpaired) electrons. The molecule has 1 saturated heterocycles. The smallest absolute Gasteiger partial charge is 0.0647 e. The van der Waals surface area contributed by atoms with Gasteiger partial charge in [0.15, 0.2) is 0 Å². The van der Waals surface area contributed by atoms with Gasteiger partial charge in [0, 0.05) is 24.3 Å². The molecule has 100 valence electrons. The van der Waals surface area contributed by atoms with Gasteiger partial charge in [-0.3, -0.25) is 0 Å². The fourth-order valence-electron chi connectivity index (χ4n) is 2.48. The van der Waals surface area contributed by atoms with Crippen LogP contribution in [0.25, 0.3) is 0 Å². The SMILES string of the molecule is Cc1ccc(N2CC(C)(C)NCC2CO)cc1C. The summed E-state index contributed by atoms with van der Waals surface area (Å²) in [6.45, 7) is 10.6. The number of rotatable bonds is 2. The summed E-state index contributed by atoms with van der Waals surface area (Å²) < 4.78 is 0. The molecule has 3 nitrogen and oxygen atoms in total. The van der Waals surface area contributed by atoms with E-state index >= 15 is 0 Å². The zero-order valence-corrected chi connectivity index (χ0v) is 11.8. The Bertz CT molecular complexity index is 429. The number of nitrogens with one attached hydrogen (secondary N) is 1. The lowest BCUT2D eigenvalue weighted by Crippen LogP contribution is -2.62. The Hall–Kier alpha value is -1.06. The van der Waals surface area contributed by atoms with Crippen molar-refractivity contribution in [3.05, 3.63) is 29.3 Å². The van der Waals surface area contributed by atoms with E-state index in [1.807, 2.05) is 0 Å². The molecule has 1 unspecified atom stereocenters. The maximum atomic E-state index is 9.54. The topological polar surface area (TPSA) is 35.5 Å². The second-order valence-electron chi connectivity index (χ2n) is 6.00. The first-order chi connectivity index (χ1) is 8.43. The van der Waals surface area contributed by atoms with Crippen LogP contribution in [0.15, 0.2) is 18.2 Å². The Morgan fingerprint density at radius 2 is 2.06 bits per heavy atom. The number of anilines is 1. The van der Waals surface area contributed by atoms with Crippen molar-refractivity contribution in [2.45, 2.75) is 39.3 Å². The average Bonchev–Trinajstić information content (AvgIpc) is 2.32. The lowest BCUT2D eigenvalue weighted by atomic mass is 9.97. The first-order valence-corrected chi connectivity index (χ1v) is 6.63. The third-order valence-electron chi connectivity index (χ3n) is 3.86. The van der Waals surface area contributed by atoms with Gasteiger partial charge in [0.1, 0.15) is 0 Å². The molecule has 1 aromatic carbocycles. The van der Waals surface area contributed by atoms with Crippen LogP contribution in [0.4, 0.5) is 5.69 Å². The Morgan fingerprint density at radius 1 is 1.33 bits per heavy atom. The maximum Gasteiger partial charge on any atom is 0.0647 e. The molecule has 1 aromatic rings. The van der Waals surface area contributed by atoms with E-state index in [1.165, 1.54) is 16.8 Å². The van der Waals surface area contributed by atoms with Crippen LogP contribution in [-0.2, 0) is 0 Å². The third-order valence-corrected chi connectivity index (χ3v) is 3.86. The summed E-state index contributed by atoms with van der Waals surface area (Å²) in [5, 5.41) is 13.0. The summed E-state index contributed by atoms with van der Waals surface area (Å²) in [5.41, 5.74) is 3.92. The highest BCUT2D eigenvalue weighted by Crippen LogP contribution is 2.25. The molecule has 0 aromatic heterocycles. The van der Waals surface area contributed by atoms with Crippen molar-refractivity contribution in [3.63, 3.8) is 0 Å². The molecular formula is C15H24N2O. The van der Waals surface area contributed by atoms with Gasteiger partial charge in [-0.05, 0) is 51.0 Å². The highest BCUT2D eigenvalue weighted by molar-refractivity contribution is 5.52. The van der Waals surface area contributed by atoms with E-state index in [2.05, 4.69) is 56.1 Å². The van der Waals surface area contributed by atoms with Crippen LogP contribution in [0.1, 0.15) is 25.0 Å². The number of piperazine rings is 1. The van der Waals surface area contributed by atoms with E-state index in [0.29, 0.717) is 0 Å². The lowest BCUT2D eigenvalue weighted by Gasteiger charge is -2.45. The highest BCUT2D eigenvalue weighted by Gasteiger charge is 2.32. The standard InChI is InChI=1S/C15H24N2O/c1-11-5-6-13(7-12(11)2)17-10-15(3,4)16-8-14(17)9-18/h5-7,14,16,18H,8-10H2,1-4H3. The van der Waals surface area contributed by atoms with Crippen LogP contribution in [0.5, 0.6) is 0 Å². The Labute approximate surface area is 110 Å². The van der Waals surface area contributed by atoms with Gasteiger partial charge in [-0.1, -0.05) is 6.07 Å². The van der Waals surface area contributed by atoms with E-state index in [-0.39, 0.29) is 18.2 Å². The molecule has 18 heavy (non-hydrogen) atoms. The van der Waals surface area contributed by atoms with Crippen molar-refractivity contribution >= 4 is 5.69 Å². The quantitative estimate of drug-likeness (QED) is 0.838. The van der Waals surface area contributed by atoms with Crippen LogP contribution in [0.2, 0.25) is 0 Å². The zero-order chi connectivity index (χ0) is 13.3. The molecule has 0 saturated carbocycles. The lowest BCUT2D eigenvalue weighted by molar-refractivity contribution is 0.215. The average molecular weight is 248 g/mol. The number of benzene rings is 1. The molecule has 3 heteroatoms. The van der Waals surface area contributed by atoms with E-state index in [1.54, 1.807) is 0 Å². The first kappa shape index (κ1) is 13.4. The first-order valence-electron chi connectivity index (χ1n) is 6.63. The molecule has 0 spiro atoms. The maximum absolute atomic E-state index is 9.54. The predicted molar refractivity (Wildman–Crippen MR) is 76.2 cm³/mol. The van der Waals surface area contributed by atoms with Gasteiger partial charge in [-0.15, -0.1) is 0 Å². The highest BCUT2D eigenvalue weighted by atomic mass is 16.3. The van der Waals surface area contributed by atoms with Crippen molar-refractivity contribution < 1.29 is 5.11 Å². The van der Waals surface area contributed by atoms with Crippen LogP contribution >= 0.6 is 0 Å². The molecule has 2 rings (SSSR count). The minimum atomic E-state index is 0.0878. The normalized spacial score (nSPS) is 23.2. The van der Waals surface area contributed by atoms with Gasteiger partial charge in [-0.2, -0.15) is 0 Å². The van der Waals surface area contributed by atoms with Crippen LogP contribution in [0, 0.1) is 13.8 Å². The third kappa shape index (κ3) is 2.68. The fraction of sp³-hybridized carbons (Fsp3) is 0.600. The molecule has 0 bridgehead atoms.